The van der Waals surface area contributed by atoms with Gasteiger partial charge in [0.05, 0.1) is 17.1 Å². The van der Waals surface area contributed by atoms with Gasteiger partial charge in [-0.3, -0.25) is 9.98 Å². The predicted octanol–water partition coefficient (Wildman–Crippen LogP) is 9.46. The van der Waals surface area contributed by atoms with Crippen LogP contribution in [0.1, 0.15) is 121 Å². The highest BCUT2D eigenvalue weighted by molar-refractivity contribution is 6.31. The van der Waals surface area contributed by atoms with Gasteiger partial charge >= 0.3 is 0 Å². The molecule has 0 saturated heterocycles. The molecule has 0 amide bonds. The van der Waals surface area contributed by atoms with Crippen molar-refractivity contribution in [3.05, 3.63) is 58.7 Å². The monoisotopic (exact) mass is 418 g/mol. The Labute approximate surface area is 190 Å². The standard InChI is InChI=1S/C29H42N2/c1-10-13-23(31-29-26(21(6)7)16-12-17-27(29)22(8)9)18-30-28-24(19(2)3)14-11-15-25(28)20(4)5/h11-12,14-22H,10,13H2,1-9H3. The second-order valence-electron chi connectivity index (χ2n) is 9.80. The van der Waals surface area contributed by atoms with Gasteiger partial charge < -0.3 is 0 Å². The van der Waals surface area contributed by atoms with Gasteiger partial charge in [0.25, 0.3) is 0 Å². The molecule has 0 radical (unpaired) electrons. The zero-order valence-corrected chi connectivity index (χ0v) is 21.2. The van der Waals surface area contributed by atoms with E-state index in [9.17, 15) is 0 Å². The molecule has 0 aliphatic heterocycles. The molecule has 0 aliphatic rings. The molecule has 2 heteroatoms. The molecule has 0 atom stereocenters. The van der Waals surface area contributed by atoms with Crippen LogP contribution in [0, 0.1) is 0 Å². The Morgan fingerprint density at radius 1 is 0.677 bits per heavy atom. The summed E-state index contributed by atoms with van der Waals surface area (Å²) in [5, 5.41) is 0. The van der Waals surface area contributed by atoms with Gasteiger partial charge in [-0.2, -0.15) is 0 Å². The lowest BCUT2D eigenvalue weighted by atomic mass is 9.92. The molecule has 0 aromatic heterocycles. The molecule has 0 fully saturated rings. The van der Waals surface area contributed by atoms with Crippen molar-refractivity contribution in [3.8, 4) is 0 Å². The fourth-order valence-corrected chi connectivity index (χ4v) is 3.99. The van der Waals surface area contributed by atoms with E-state index in [4.69, 9.17) is 9.98 Å². The summed E-state index contributed by atoms with van der Waals surface area (Å²) in [7, 11) is 0. The Bertz CT molecular complexity index is 862. The molecule has 31 heavy (non-hydrogen) atoms. The Kier molecular flexibility index (Phi) is 9.22. The van der Waals surface area contributed by atoms with Crippen LogP contribution in [0.2, 0.25) is 0 Å². The highest BCUT2D eigenvalue weighted by Gasteiger charge is 2.15. The van der Waals surface area contributed by atoms with Gasteiger partial charge in [0.2, 0.25) is 0 Å². The normalized spacial score (nSPS) is 12.9. The van der Waals surface area contributed by atoms with Crippen molar-refractivity contribution >= 4 is 23.3 Å². The number of hydrogen-bond acceptors (Lipinski definition) is 2. The van der Waals surface area contributed by atoms with Crippen LogP contribution in [0.5, 0.6) is 0 Å². The van der Waals surface area contributed by atoms with E-state index in [1.165, 1.54) is 22.3 Å². The summed E-state index contributed by atoms with van der Waals surface area (Å²) >= 11 is 0. The molecule has 0 N–H and O–H groups in total. The second kappa shape index (κ2) is 11.4. The minimum absolute atomic E-state index is 0.437. The van der Waals surface area contributed by atoms with Crippen molar-refractivity contribution in [1.82, 2.24) is 0 Å². The number of nitrogens with zero attached hydrogens (tertiary/aromatic N) is 2. The van der Waals surface area contributed by atoms with Crippen molar-refractivity contribution < 1.29 is 0 Å². The molecular formula is C29H42N2. The fraction of sp³-hybridized carbons (Fsp3) is 0.517. The Morgan fingerprint density at radius 2 is 1.06 bits per heavy atom. The van der Waals surface area contributed by atoms with Crippen molar-refractivity contribution in [1.29, 1.82) is 0 Å². The average Bonchev–Trinajstić information content (AvgIpc) is 2.71. The Balaban J connectivity index is 2.63. The van der Waals surface area contributed by atoms with E-state index < -0.39 is 0 Å². The maximum absolute atomic E-state index is 5.22. The lowest BCUT2D eigenvalue weighted by molar-refractivity contribution is 0.833. The van der Waals surface area contributed by atoms with E-state index in [2.05, 4.69) is 98.7 Å². The van der Waals surface area contributed by atoms with Crippen LogP contribution in [0.4, 0.5) is 11.4 Å². The van der Waals surface area contributed by atoms with Gasteiger partial charge in [-0.25, -0.2) is 0 Å². The average molecular weight is 419 g/mol. The first kappa shape index (κ1) is 25.0. The third-order valence-electron chi connectivity index (χ3n) is 5.79. The molecule has 2 nitrogen and oxygen atoms in total. The zero-order valence-electron chi connectivity index (χ0n) is 21.2. The van der Waals surface area contributed by atoms with E-state index >= 15 is 0 Å². The summed E-state index contributed by atoms with van der Waals surface area (Å²) < 4.78 is 0. The molecule has 168 valence electrons. The number of hydrogen-bond donors (Lipinski definition) is 0. The van der Waals surface area contributed by atoms with Crippen LogP contribution >= 0.6 is 0 Å². The molecule has 0 bridgehead atoms. The van der Waals surface area contributed by atoms with Crippen molar-refractivity contribution in [2.24, 2.45) is 9.98 Å². The van der Waals surface area contributed by atoms with Gasteiger partial charge in [-0.05, 0) is 52.3 Å². The van der Waals surface area contributed by atoms with Crippen LogP contribution in [0.25, 0.3) is 0 Å². The zero-order chi connectivity index (χ0) is 23.1. The highest BCUT2D eigenvalue weighted by atomic mass is 14.8. The van der Waals surface area contributed by atoms with Gasteiger partial charge in [0.1, 0.15) is 0 Å². The maximum Gasteiger partial charge on any atom is 0.0702 e. The van der Waals surface area contributed by atoms with Gasteiger partial charge in [-0.15, -0.1) is 0 Å². The first-order valence-corrected chi connectivity index (χ1v) is 12.0. The predicted molar refractivity (Wildman–Crippen MR) is 139 cm³/mol. The fourth-order valence-electron chi connectivity index (χ4n) is 3.99. The molecular weight excluding hydrogens is 376 g/mol. The molecule has 0 saturated carbocycles. The van der Waals surface area contributed by atoms with Crippen LogP contribution in [0.15, 0.2) is 46.4 Å². The van der Waals surface area contributed by atoms with Gasteiger partial charge in [0, 0.05) is 6.21 Å². The summed E-state index contributed by atoms with van der Waals surface area (Å²) in [5.41, 5.74) is 8.58. The smallest absolute Gasteiger partial charge is 0.0702 e. The van der Waals surface area contributed by atoms with Crippen molar-refractivity contribution in [2.75, 3.05) is 0 Å². The Morgan fingerprint density at radius 3 is 1.42 bits per heavy atom. The van der Waals surface area contributed by atoms with E-state index in [1.807, 2.05) is 6.21 Å². The summed E-state index contributed by atoms with van der Waals surface area (Å²) in [4.78, 5) is 10.3. The molecule has 2 rings (SSSR count). The van der Waals surface area contributed by atoms with Crippen LogP contribution in [-0.2, 0) is 0 Å². The minimum atomic E-state index is 0.437. The first-order valence-electron chi connectivity index (χ1n) is 12.0. The maximum atomic E-state index is 5.22. The number of aliphatic imine (C=N–C) groups is 2. The summed E-state index contributed by atoms with van der Waals surface area (Å²) in [5.74, 6) is 1.75. The molecule has 2 aromatic rings. The lowest BCUT2D eigenvalue weighted by Crippen LogP contribution is -2.03. The molecule has 0 aliphatic carbocycles. The number of para-hydroxylation sites is 2. The first-order chi connectivity index (χ1) is 14.7. The van der Waals surface area contributed by atoms with Crippen LogP contribution in [0.3, 0.4) is 0 Å². The topological polar surface area (TPSA) is 24.7 Å². The van der Waals surface area contributed by atoms with E-state index in [0.29, 0.717) is 23.7 Å². The largest absolute Gasteiger partial charge is 0.254 e. The highest BCUT2D eigenvalue weighted by Crippen LogP contribution is 2.36. The minimum Gasteiger partial charge on any atom is -0.254 e. The molecule has 0 spiro atoms. The van der Waals surface area contributed by atoms with Crippen molar-refractivity contribution in [3.63, 3.8) is 0 Å². The molecule has 0 heterocycles. The summed E-state index contributed by atoms with van der Waals surface area (Å²) in [6.45, 7) is 20.2. The lowest BCUT2D eigenvalue weighted by Gasteiger charge is -2.18. The van der Waals surface area contributed by atoms with Gasteiger partial charge in [0.15, 0.2) is 0 Å². The number of benzene rings is 2. The molecule has 2 aromatic carbocycles. The second-order valence-corrected chi connectivity index (χ2v) is 9.80. The third-order valence-corrected chi connectivity index (χ3v) is 5.79. The third kappa shape index (κ3) is 6.38. The van der Waals surface area contributed by atoms with Crippen LogP contribution in [-0.4, -0.2) is 11.9 Å². The SMILES string of the molecule is CCCC(C=Nc1c(C(C)C)cccc1C(C)C)=Nc1c(C(C)C)cccc1C(C)C. The van der Waals surface area contributed by atoms with Gasteiger partial charge in [-0.1, -0.05) is 105 Å². The summed E-state index contributed by atoms with van der Waals surface area (Å²) in [6.07, 6.45) is 4.00. The van der Waals surface area contributed by atoms with Crippen molar-refractivity contribution in [2.45, 2.75) is 98.8 Å². The quantitative estimate of drug-likeness (QED) is 0.362. The van der Waals surface area contributed by atoms with E-state index in [0.717, 1.165) is 29.9 Å². The van der Waals surface area contributed by atoms with E-state index in [1.54, 1.807) is 0 Å². The van der Waals surface area contributed by atoms with Crippen LogP contribution < -0.4 is 0 Å². The van der Waals surface area contributed by atoms with E-state index in [-0.39, 0.29) is 0 Å². The molecule has 0 unspecified atom stereocenters. The number of rotatable bonds is 9. The Hall–Kier alpha value is -2.22. The summed E-state index contributed by atoms with van der Waals surface area (Å²) in [6, 6.07) is 13.2.